The summed E-state index contributed by atoms with van der Waals surface area (Å²) < 4.78 is 0. The van der Waals surface area contributed by atoms with E-state index >= 15 is 0 Å². The topological polar surface area (TPSA) is 71.4 Å². The van der Waals surface area contributed by atoms with Gasteiger partial charge in [0.15, 0.2) is 5.78 Å². The van der Waals surface area contributed by atoms with E-state index in [2.05, 4.69) is 40.7 Å². The van der Waals surface area contributed by atoms with E-state index in [1.54, 1.807) is 0 Å². The average Bonchev–Trinajstić information content (AvgIpc) is 3.01. The predicted molar refractivity (Wildman–Crippen MR) is 134 cm³/mol. The Hall–Kier alpha value is -1.71. The highest BCUT2D eigenvalue weighted by Gasteiger charge is 2.66. The smallest absolute Gasteiger partial charge is 0.306 e. The molecule has 0 amide bonds. The van der Waals surface area contributed by atoms with Gasteiger partial charge in [0.25, 0.3) is 0 Å². The first kappa shape index (κ1) is 25.4. The fourth-order valence-corrected chi connectivity index (χ4v) is 8.90. The number of hydrogen-bond donors (Lipinski definition) is 1. The minimum absolute atomic E-state index is 0.0634. The Morgan fingerprint density at radius 2 is 1.74 bits per heavy atom. The number of fused-ring (bicyclic) bond motifs is 4. The van der Waals surface area contributed by atoms with Crippen LogP contribution in [0.2, 0.25) is 0 Å². The largest absolute Gasteiger partial charge is 0.481 e. The van der Waals surface area contributed by atoms with E-state index in [0.29, 0.717) is 25.0 Å². The molecule has 2 saturated carbocycles. The zero-order chi connectivity index (χ0) is 25.3. The summed E-state index contributed by atoms with van der Waals surface area (Å²) >= 11 is 0. The second-order valence-electron chi connectivity index (χ2n) is 13.3. The fourth-order valence-electron chi connectivity index (χ4n) is 8.90. The Kier molecular flexibility index (Phi) is 6.10. The second-order valence-corrected chi connectivity index (χ2v) is 13.3. The van der Waals surface area contributed by atoms with Crippen LogP contribution in [0, 0.1) is 39.4 Å². The molecule has 2 fully saturated rings. The monoisotopic (exact) mass is 468 g/mol. The quantitative estimate of drug-likeness (QED) is 0.444. The summed E-state index contributed by atoms with van der Waals surface area (Å²) in [5, 5.41) is 10.2. The molecule has 0 spiro atoms. The maximum Gasteiger partial charge on any atom is 0.306 e. The molecule has 188 valence electrons. The molecular weight excluding hydrogens is 424 g/mol. The summed E-state index contributed by atoms with van der Waals surface area (Å²) in [4.78, 5) is 39.1. The average molecular weight is 469 g/mol. The molecule has 6 atom stereocenters. The molecule has 4 aliphatic rings. The number of allylic oxidation sites excluding steroid dienone is 4. The molecule has 6 unspecified atom stereocenters. The normalized spacial score (nSPS) is 39.7. The Morgan fingerprint density at radius 3 is 2.35 bits per heavy atom. The van der Waals surface area contributed by atoms with Crippen LogP contribution in [-0.2, 0) is 14.4 Å². The van der Waals surface area contributed by atoms with Gasteiger partial charge >= 0.3 is 5.97 Å². The van der Waals surface area contributed by atoms with Crippen molar-refractivity contribution in [2.45, 2.75) is 106 Å². The van der Waals surface area contributed by atoms with Crippen LogP contribution in [-0.4, -0.2) is 22.6 Å². The first-order valence-corrected chi connectivity index (χ1v) is 13.4. The van der Waals surface area contributed by atoms with E-state index in [0.717, 1.165) is 44.1 Å². The van der Waals surface area contributed by atoms with E-state index in [4.69, 9.17) is 0 Å². The van der Waals surface area contributed by atoms with Gasteiger partial charge in [-0.05, 0) is 81.5 Å². The number of aliphatic carboxylic acids is 1. The molecule has 0 aromatic carbocycles. The Labute approximate surface area is 205 Å². The minimum Gasteiger partial charge on any atom is -0.481 e. The van der Waals surface area contributed by atoms with Gasteiger partial charge in [0.1, 0.15) is 5.78 Å². The zero-order valence-electron chi connectivity index (χ0n) is 22.3. The molecule has 0 saturated heterocycles. The third-order valence-electron chi connectivity index (χ3n) is 11.2. The molecule has 0 radical (unpaired) electrons. The molecule has 0 aromatic rings. The van der Waals surface area contributed by atoms with Crippen LogP contribution in [0.4, 0.5) is 0 Å². The second kappa shape index (κ2) is 8.17. The standard InChI is InChI=1S/C30H44O4/c1-18(2)9-8-10-19(26(33)34)20-11-16-30(7)25-21(12-15-29(20,30)6)28(5)14-13-24(32)27(3,4)23(28)17-22(25)31/h9,19-20,23H,8,10-17H2,1-7H3,(H,33,34). The van der Waals surface area contributed by atoms with Crippen molar-refractivity contribution in [2.24, 2.45) is 39.4 Å². The zero-order valence-corrected chi connectivity index (χ0v) is 22.3. The van der Waals surface area contributed by atoms with Gasteiger partial charge in [-0.15, -0.1) is 0 Å². The van der Waals surface area contributed by atoms with Crippen LogP contribution < -0.4 is 0 Å². The van der Waals surface area contributed by atoms with Crippen LogP contribution in [0.3, 0.4) is 0 Å². The maximum atomic E-state index is 13.9. The lowest BCUT2D eigenvalue weighted by atomic mass is 9.43. The van der Waals surface area contributed by atoms with Crippen LogP contribution in [0.15, 0.2) is 22.8 Å². The molecule has 4 rings (SSSR count). The molecule has 34 heavy (non-hydrogen) atoms. The lowest BCUT2D eigenvalue weighted by Crippen LogP contribution is -2.56. The molecule has 4 aliphatic carbocycles. The number of carboxylic acid groups (broad SMARTS) is 1. The van der Waals surface area contributed by atoms with Gasteiger partial charge in [-0.25, -0.2) is 0 Å². The summed E-state index contributed by atoms with van der Waals surface area (Å²) in [6.45, 7) is 15.0. The highest BCUT2D eigenvalue weighted by atomic mass is 16.4. The number of Topliss-reactive ketones (excluding diaryl/α,β-unsaturated/α-hetero) is 2. The molecule has 4 nitrogen and oxygen atoms in total. The summed E-state index contributed by atoms with van der Waals surface area (Å²) in [5.74, 6) is -0.401. The van der Waals surface area contributed by atoms with E-state index in [-0.39, 0.29) is 39.8 Å². The van der Waals surface area contributed by atoms with Gasteiger partial charge in [-0.3, -0.25) is 14.4 Å². The Balaban J connectivity index is 1.75. The lowest BCUT2D eigenvalue weighted by molar-refractivity contribution is -0.147. The van der Waals surface area contributed by atoms with Gasteiger partial charge in [-0.1, -0.05) is 51.8 Å². The Bertz CT molecular complexity index is 980. The predicted octanol–water partition coefficient (Wildman–Crippen LogP) is 6.93. The van der Waals surface area contributed by atoms with Crippen LogP contribution >= 0.6 is 0 Å². The Morgan fingerprint density at radius 1 is 1.06 bits per heavy atom. The van der Waals surface area contributed by atoms with Crippen molar-refractivity contribution in [3.05, 3.63) is 22.8 Å². The third-order valence-corrected chi connectivity index (χ3v) is 11.2. The molecule has 4 heteroatoms. The maximum absolute atomic E-state index is 13.9. The van der Waals surface area contributed by atoms with Gasteiger partial charge in [0.05, 0.1) is 5.92 Å². The summed E-state index contributed by atoms with van der Waals surface area (Å²) in [6, 6.07) is 0. The van der Waals surface area contributed by atoms with Crippen LogP contribution in [0.25, 0.3) is 0 Å². The number of carbonyl (C=O) groups is 3. The van der Waals surface area contributed by atoms with Gasteiger partial charge in [-0.2, -0.15) is 0 Å². The highest BCUT2D eigenvalue weighted by molar-refractivity contribution is 6.00. The highest BCUT2D eigenvalue weighted by Crippen LogP contribution is 2.71. The fraction of sp³-hybridized carbons (Fsp3) is 0.767. The van der Waals surface area contributed by atoms with Crippen LogP contribution in [0.1, 0.15) is 106 Å². The number of carbonyl (C=O) groups excluding carboxylic acids is 2. The van der Waals surface area contributed by atoms with E-state index < -0.39 is 11.4 Å². The first-order chi connectivity index (χ1) is 15.7. The van der Waals surface area contributed by atoms with Crippen molar-refractivity contribution < 1.29 is 19.5 Å². The first-order valence-electron chi connectivity index (χ1n) is 13.4. The van der Waals surface area contributed by atoms with Crippen molar-refractivity contribution in [3.63, 3.8) is 0 Å². The molecular formula is C30H44O4. The van der Waals surface area contributed by atoms with Gasteiger partial charge < -0.3 is 5.11 Å². The number of carboxylic acids is 1. The van der Waals surface area contributed by atoms with E-state index in [1.165, 1.54) is 11.1 Å². The van der Waals surface area contributed by atoms with Gasteiger partial charge in [0, 0.05) is 29.2 Å². The summed E-state index contributed by atoms with van der Waals surface area (Å²) in [7, 11) is 0. The minimum atomic E-state index is -0.688. The molecule has 0 aliphatic heterocycles. The number of rotatable bonds is 5. The van der Waals surface area contributed by atoms with Crippen molar-refractivity contribution in [2.75, 3.05) is 0 Å². The third kappa shape index (κ3) is 3.41. The molecule has 1 N–H and O–H groups in total. The number of hydrogen-bond acceptors (Lipinski definition) is 3. The summed E-state index contributed by atoms with van der Waals surface area (Å²) in [6.07, 6.45) is 9.02. The van der Waals surface area contributed by atoms with Crippen LogP contribution in [0.5, 0.6) is 0 Å². The van der Waals surface area contributed by atoms with Gasteiger partial charge in [0.2, 0.25) is 0 Å². The molecule has 0 heterocycles. The van der Waals surface area contributed by atoms with E-state index in [1.807, 2.05) is 13.8 Å². The number of ketones is 2. The molecule has 0 aromatic heterocycles. The van der Waals surface area contributed by atoms with Crippen molar-refractivity contribution in [1.29, 1.82) is 0 Å². The van der Waals surface area contributed by atoms with Crippen molar-refractivity contribution in [1.82, 2.24) is 0 Å². The molecule has 0 bridgehead atoms. The van der Waals surface area contributed by atoms with E-state index in [9.17, 15) is 19.5 Å². The lowest BCUT2D eigenvalue weighted by Gasteiger charge is -2.60. The SMILES string of the molecule is CC(C)=CCCC(C(=O)O)C1CCC2(C)C3=C(CCC12C)C1(C)CCC(=O)C(C)(C)C1CC3=O. The summed E-state index contributed by atoms with van der Waals surface area (Å²) in [5.41, 5.74) is 2.50. The van der Waals surface area contributed by atoms with Crippen molar-refractivity contribution >= 4 is 17.5 Å². The van der Waals surface area contributed by atoms with Crippen molar-refractivity contribution in [3.8, 4) is 0 Å².